The van der Waals surface area contributed by atoms with Crippen molar-refractivity contribution in [3.05, 3.63) is 65.5 Å². The van der Waals surface area contributed by atoms with Gasteiger partial charge in [-0.25, -0.2) is 4.39 Å². The molecular weight excluding hydrogens is 514 g/mol. The summed E-state index contributed by atoms with van der Waals surface area (Å²) in [5.74, 6) is 1.44. The monoisotopic (exact) mass is 544 g/mol. The van der Waals surface area contributed by atoms with Crippen LogP contribution in [-0.2, 0) is 6.42 Å². The van der Waals surface area contributed by atoms with Gasteiger partial charge in [-0.15, -0.1) is 35.7 Å². The molecule has 5 nitrogen and oxygen atoms in total. The average Bonchev–Trinajstić information content (AvgIpc) is 2.74. The molecule has 30 heavy (non-hydrogen) atoms. The van der Waals surface area contributed by atoms with E-state index in [9.17, 15) is 9.18 Å². The van der Waals surface area contributed by atoms with Gasteiger partial charge in [0.2, 0.25) is 0 Å². The van der Waals surface area contributed by atoms with Gasteiger partial charge in [0.1, 0.15) is 5.82 Å². The van der Waals surface area contributed by atoms with Crippen molar-refractivity contribution < 1.29 is 9.18 Å². The van der Waals surface area contributed by atoms with E-state index in [4.69, 9.17) is 0 Å². The number of hydrogen-bond acceptors (Lipinski definition) is 3. The van der Waals surface area contributed by atoms with E-state index in [-0.39, 0.29) is 35.7 Å². The quantitative estimate of drug-likeness (QED) is 0.139. The Hall–Kier alpha value is -1.81. The van der Waals surface area contributed by atoms with Crippen LogP contribution >= 0.6 is 35.7 Å². The van der Waals surface area contributed by atoms with Gasteiger partial charge in [0.05, 0.1) is 0 Å². The molecule has 0 bridgehead atoms. The fourth-order valence-electron chi connectivity index (χ4n) is 2.66. The number of hydrogen-bond donors (Lipinski definition) is 3. The standard InChI is InChI=1S/C22H29FN4OS.HI/c1-3-25-22(26-13-5-15-29-20-10-8-19(23)9-11-20)27-14-12-17-6-4-7-18(16-17)21(28)24-2;/h4,6-11,16H,3,5,12-15H2,1-2H3,(H,24,28)(H2,25,26,27);1H. The summed E-state index contributed by atoms with van der Waals surface area (Å²) in [6.45, 7) is 4.28. The smallest absolute Gasteiger partial charge is 0.251 e. The van der Waals surface area contributed by atoms with Crippen LogP contribution in [0.25, 0.3) is 0 Å². The maximum absolute atomic E-state index is 12.9. The van der Waals surface area contributed by atoms with E-state index in [0.29, 0.717) is 5.56 Å². The number of halogens is 2. The Balaban J connectivity index is 0.00000450. The first-order valence-corrected chi connectivity index (χ1v) is 10.8. The molecule has 0 fully saturated rings. The summed E-state index contributed by atoms with van der Waals surface area (Å²) < 4.78 is 12.9. The second-order valence-electron chi connectivity index (χ2n) is 6.37. The normalized spacial score (nSPS) is 10.8. The summed E-state index contributed by atoms with van der Waals surface area (Å²) >= 11 is 1.71. The summed E-state index contributed by atoms with van der Waals surface area (Å²) in [5.41, 5.74) is 1.77. The average molecular weight is 544 g/mol. The van der Waals surface area contributed by atoms with Gasteiger partial charge in [-0.3, -0.25) is 9.79 Å². The molecule has 8 heteroatoms. The number of thioether (sulfide) groups is 1. The molecule has 0 saturated heterocycles. The molecular formula is C22H30FIN4OS. The van der Waals surface area contributed by atoms with Gasteiger partial charge < -0.3 is 16.0 Å². The van der Waals surface area contributed by atoms with E-state index in [1.54, 1.807) is 30.9 Å². The molecule has 0 radical (unpaired) electrons. The zero-order valence-electron chi connectivity index (χ0n) is 17.4. The topological polar surface area (TPSA) is 65.5 Å². The van der Waals surface area contributed by atoms with Crippen LogP contribution in [0.5, 0.6) is 0 Å². The maximum Gasteiger partial charge on any atom is 0.251 e. The third-order valence-corrected chi connectivity index (χ3v) is 5.22. The van der Waals surface area contributed by atoms with Crippen molar-refractivity contribution in [1.82, 2.24) is 16.0 Å². The van der Waals surface area contributed by atoms with E-state index < -0.39 is 0 Å². The van der Waals surface area contributed by atoms with Crippen molar-refractivity contribution in [2.75, 3.05) is 32.4 Å². The highest BCUT2D eigenvalue weighted by Gasteiger charge is 2.04. The van der Waals surface area contributed by atoms with Crippen LogP contribution in [0.2, 0.25) is 0 Å². The van der Waals surface area contributed by atoms with Crippen LogP contribution < -0.4 is 16.0 Å². The van der Waals surface area contributed by atoms with Crippen molar-refractivity contribution in [2.45, 2.75) is 24.7 Å². The SMILES string of the molecule is CCNC(=NCCCSc1ccc(F)cc1)NCCc1cccc(C(=O)NC)c1.I. The first kappa shape index (κ1) is 26.2. The van der Waals surface area contributed by atoms with Crippen molar-refractivity contribution >= 4 is 47.6 Å². The Morgan fingerprint density at radius 2 is 1.90 bits per heavy atom. The Morgan fingerprint density at radius 1 is 1.13 bits per heavy atom. The molecule has 2 aromatic rings. The zero-order valence-corrected chi connectivity index (χ0v) is 20.6. The highest BCUT2D eigenvalue weighted by Crippen LogP contribution is 2.18. The number of rotatable bonds is 10. The Labute approximate surface area is 199 Å². The van der Waals surface area contributed by atoms with Gasteiger partial charge in [-0.1, -0.05) is 12.1 Å². The summed E-state index contributed by atoms with van der Waals surface area (Å²) in [7, 11) is 1.63. The van der Waals surface area contributed by atoms with E-state index >= 15 is 0 Å². The van der Waals surface area contributed by atoms with Gasteiger partial charge in [0.25, 0.3) is 5.91 Å². The third kappa shape index (κ3) is 9.80. The summed E-state index contributed by atoms with van der Waals surface area (Å²) in [5, 5.41) is 9.23. The molecule has 0 spiro atoms. The first-order valence-electron chi connectivity index (χ1n) is 9.84. The van der Waals surface area contributed by atoms with Gasteiger partial charge in [-0.05, 0) is 67.5 Å². The van der Waals surface area contributed by atoms with E-state index in [1.165, 1.54) is 12.1 Å². The van der Waals surface area contributed by atoms with Crippen LogP contribution in [0.4, 0.5) is 4.39 Å². The maximum atomic E-state index is 12.9. The molecule has 0 atom stereocenters. The lowest BCUT2D eigenvalue weighted by Crippen LogP contribution is -2.38. The number of amides is 1. The number of nitrogens with one attached hydrogen (secondary N) is 3. The number of aliphatic imine (C=N–C) groups is 1. The van der Waals surface area contributed by atoms with Crippen molar-refractivity contribution in [3.63, 3.8) is 0 Å². The Kier molecular flexibility index (Phi) is 13.2. The molecule has 3 N–H and O–H groups in total. The first-order chi connectivity index (χ1) is 14.1. The number of carbonyl (C=O) groups is 1. The minimum absolute atomic E-state index is 0. The third-order valence-electron chi connectivity index (χ3n) is 4.12. The molecule has 0 aromatic heterocycles. The molecule has 0 aliphatic rings. The second kappa shape index (κ2) is 15.1. The predicted octanol–water partition coefficient (Wildman–Crippen LogP) is 4.08. The molecule has 2 aromatic carbocycles. The van der Waals surface area contributed by atoms with Crippen molar-refractivity contribution in [2.24, 2.45) is 4.99 Å². The van der Waals surface area contributed by atoms with E-state index in [1.807, 2.05) is 31.2 Å². The van der Waals surface area contributed by atoms with Crippen LogP contribution in [0.3, 0.4) is 0 Å². The van der Waals surface area contributed by atoms with Crippen LogP contribution in [-0.4, -0.2) is 44.3 Å². The number of benzene rings is 2. The van der Waals surface area contributed by atoms with Gasteiger partial charge in [0.15, 0.2) is 5.96 Å². The highest BCUT2D eigenvalue weighted by molar-refractivity contribution is 14.0. The fourth-order valence-corrected chi connectivity index (χ4v) is 3.49. The lowest BCUT2D eigenvalue weighted by Gasteiger charge is -2.11. The lowest BCUT2D eigenvalue weighted by atomic mass is 10.1. The molecule has 0 aliphatic carbocycles. The number of guanidine groups is 1. The Bertz CT molecular complexity index is 802. The minimum Gasteiger partial charge on any atom is -0.357 e. The molecule has 0 aliphatic heterocycles. The minimum atomic E-state index is -0.208. The second-order valence-corrected chi connectivity index (χ2v) is 7.54. The molecule has 1 amide bonds. The number of carbonyl (C=O) groups excluding carboxylic acids is 1. The van der Waals surface area contributed by atoms with Gasteiger partial charge >= 0.3 is 0 Å². The van der Waals surface area contributed by atoms with E-state index in [2.05, 4.69) is 20.9 Å². The zero-order chi connectivity index (χ0) is 20.9. The lowest BCUT2D eigenvalue weighted by molar-refractivity contribution is 0.0963. The van der Waals surface area contributed by atoms with Crippen LogP contribution in [0.15, 0.2) is 58.4 Å². The Morgan fingerprint density at radius 3 is 2.60 bits per heavy atom. The molecule has 0 saturated carbocycles. The summed E-state index contributed by atoms with van der Waals surface area (Å²) in [4.78, 5) is 17.4. The highest BCUT2D eigenvalue weighted by atomic mass is 127. The van der Waals surface area contributed by atoms with E-state index in [0.717, 1.165) is 54.6 Å². The molecule has 0 unspecified atom stereocenters. The molecule has 164 valence electrons. The predicted molar refractivity (Wildman–Crippen MR) is 135 cm³/mol. The summed E-state index contributed by atoms with van der Waals surface area (Å²) in [6.07, 6.45) is 1.74. The summed E-state index contributed by atoms with van der Waals surface area (Å²) in [6, 6.07) is 14.2. The van der Waals surface area contributed by atoms with Gasteiger partial charge in [0, 0.05) is 37.1 Å². The number of nitrogens with zero attached hydrogens (tertiary/aromatic N) is 1. The van der Waals surface area contributed by atoms with Crippen molar-refractivity contribution in [3.8, 4) is 0 Å². The fraction of sp³-hybridized carbons (Fsp3) is 0.364. The van der Waals surface area contributed by atoms with Crippen molar-refractivity contribution in [1.29, 1.82) is 0 Å². The van der Waals surface area contributed by atoms with Crippen LogP contribution in [0, 0.1) is 5.82 Å². The molecule has 2 rings (SSSR count). The van der Waals surface area contributed by atoms with Crippen LogP contribution in [0.1, 0.15) is 29.3 Å². The van der Waals surface area contributed by atoms with Gasteiger partial charge in [-0.2, -0.15) is 0 Å². The largest absolute Gasteiger partial charge is 0.357 e. The molecule has 0 heterocycles.